The third-order valence-electron chi connectivity index (χ3n) is 6.60. The van der Waals surface area contributed by atoms with Gasteiger partial charge in [-0.2, -0.15) is 5.26 Å². The minimum atomic E-state index is -4.05. The van der Waals surface area contributed by atoms with E-state index in [9.17, 15) is 21.6 Å². The van der Waals surface area contributed by atoms with Crippen LogP contribution in [0.5, 0.6) is 0 Å². The van der Waals surface area contributed by atoms with E-state index < -0.39 is 25.9 Å². The van der Waals surface area contributed by atoms with Gasteiger partial charge in [0, 0.05) is 24.7 Å². The summed E-state index contributed by atoms with van der Waals surface area (Å²) < 4.78 is 56.1. The highest BCUT2D eigenvalue weighted by Crippen LogP contribution is 2.30. The van der Waals surface area contributed by atoms with Crippen molar-refractivity contribution in [1.29, 1.82) is 5.26 Å². The van der Waals surface area contributed by atoms with Gasteiger partial charge < -0.3 is 4.90 Å². The monoisotopic (exact) mass is 551 g/mol. The van der Waals surface area contributed by atoms with Crippen molar-refractivity contribution >= 4 is 25.8 Å². The largest absolute Gasteiger partial charge is 0.339 e. The van der Waals surface area contributed by atoms with Crippen molar-refractivity contribution in [2.45, 2.75) is 53.3 Å². The predicted octanol–water partition coefficient (Wildman–Crippen LogP) is 4.10. The van der Waals surface area contributed by atoms with Gasteiger partial charge in [-0.1, -0.05) is 44.2 Å². The Labute approximate surface area is 223 Å². The van der Waals surface area contributed by atoms with Gasteiger partial charge in [-0.25, -0.2) is 21.6 Å². The molecular weight excluding hydrogens is 522 g/mol. The molecule has 8 nitrogen and oxygen atoms in total. The molecule has 0 bridgehead atoms. The molecule has 3 aromatic carbocycles. The third kappa shape index (κ3) is 5.80. The molecule has 0 atom stereocenters. The summed E-state index contributed by atoms with van der Waals surface area (Å²) in [4.78, 5) is 14.5. The fourth-order valence-electron chi connectivity index (χ4n) is 4.51. The molecule has 0 saturated carbocycles. The van der Waals surface area contributed by atoms with Gasteiger partial charge in [-0.05, 0) is 66.8 Å². The van der Waals surface area contributed by atoms with Crippen molar-refractivity contribution in [3.63, 3.8) is 0 Å². The van der Waals surface area contributed by atoms with Crippen LogP contribution in [-0.4, -0.2) is 46.8 Å². The maximum Gasteiger partial charge on any atom is 0.253 e. The van der Waals surface area contributed by atoms with Gasteiger partial charge in [0.25, 0.3) is 5.91 Å². The molecule has 0 aromatic heterocycles. The van der Waals surface area contributed by atoms with Gasteiger partial charge in [0.05, 0.1) is 26.3 Å². The summed E-state index contributed by atoms with van der Waals surface area (Å²) in [7, 11) is -7.96. The highest BCUT2D eigenvalue weighted by molar-refractivity contribution is 7.91. The van der Waals surface area contributed by atoms with Crippen LogP contribution in [0.2, 0.25) is 0 Å². The number of likely N-dealkylation sites (tertiary alicyclic amines) is 1. The molecule has 0 radical (unpaired) electrons. The minimum Gasteiger partial charge on any atom is -0.339 e. The van der Waals surface area contributed by atoms with Crippen LogP contribution in [0.4, 0.5) is 0 Å². The van der Waals surface area contributed by atoms with E-state index in [1.807, 2.05) is 19.9 Å². The zero-order valence-electron chi connectivity index (χ0n) is 21.2. The fourth-order valence-corrected chi connectivity index (χ4v) is 7.60. The summed E-state index contributed by atoms with van der Waals surface area (Å²) >= 11 is 0. The first-order chi connectivity index (χ1) is 18.0. The Bertz CT molecular complexity index is 1590. The van der Waals surface area contributed by atoms with Crippen molar-refractivity contribution in [2.75, 3.05) is 13.1 Å². The number of hydrogen-bond acceptors (Lipinski definition) is 6. The number of nitrogens with zero attached hydrogens (tertiary/aromatic N) is 2. The molecular formula is C28H29N3O5S2. The molecule has 0 aliphatic carbocycles. The highest BCUT2D eigenvalue weighted by Gasteiger charge is 2.30. The summed E-state index contributed by atoms with van der Waals surface area (Å²) in [5.74, 6) is -0.358. The molecule has 1 N–H and O–H groups in total. The molecule has 1 saturated heterocycles. The quantitative estimate of drug-likeness (QED) is 0.472. The zero-order chi connectivity index (χ0) is 27.5. The molecule has 10 heteroatoms. The molecule has 1 aliphatic heterocycles. The van der Waals surface area contributed by atoms with Crippen LogP contribution in [0.15, 0.2) is 87.5 Å². The van der Waals surface area contributed by atoms with Crippen LogP contribution in [0, 0.1) is 11.3 Å². The first-order valence-electron chi connectivity index (χ1n) is 12.3. The third-order valence-corrected chi connectivity index (χ3v) is 9.95. The molecule has 38 heavy (non-hydrogen) atoms. The van der Waals surface area contributed by atoms with E-state index in [0.29, 0.717) is 42.6 Å². The summed E-state index contributed by atoms with van der Waals surface area (Å²) in [6.07, 6.45) is 0.809. The second kappa shape index (κ2) is 11.1. The number of nitriles is 1. The predicted molar refractivity (Wildman–Crippen MR) is 143 cm³/mol. The van der Waals surface area contributed by atoms with Crippen LogP contribution in [0.1, 0.15) is 54.1 Å². The van der Waals surface area contributed by atoms with E-state index in [2.05, 4.69) is 4.72 Å². The summed E-state index contributed by atoms with van der Waals surface area (Å²) in [5.41, 5.74) is 1.34. The maximum absolute atomic E-state index is 13.5. The molecule has 4 rings (SSSR count). The van der Waals surface area contributed by atoms with E-state index >= 15 is 0 Å². The molecule has 1 fully saturated rings. The number of benzene rings is 3. The van der Waals surface area contributed by atoms with Gasteiger partial charge in [0.15, 0.2) is 0 Å². The van der Waals surface area contributed by atoms with E-state index in [0.717, 1.165) is 0 Å². The normalized spacial score (nSPS) is 14.8. The molecule has 0 spiro atoms. The van der Waals surface area contributed by atoms with E-state index in [1.165, 1.54) is 24.3 Å². The lowest BCUT2D eigenvalue weighted by Crippen LogP contribution is -2.46. The van der Waals surface area contributed by atoms with Crippen molar-refractivity contribution in [2.24, 2.45) is 0 Å². The molecule has 1 aliphatic rings. The first kappa shape index (κ1) is 27.5. The average molecular weight is 552 g/mol. The van der Waals surface area contributed by atoms with Gasteiger partial charge in [0.1, 0.15) is 0 Å². The molecule has 1 amide bonds. The number of rotatable bonds is 7. The topological polar surface area (TPSA) is 124 Å². The second-order valence-corrected chi connectivity index (χ2v) is 13.2. The SMILES string of the molecule is CC(C)c1ccc(S(=O)(=O)c2ccccc2)cc1S(=O)(=O)NC1CCN(C(=O)c2cccc(C#N)c2)CC1. The summed E-state index contributed by atoms with van der Waals surface area (Å²) in [5, 5.41) is 9.09. The van der Waals surface area contributed by atoms with Gasteiger partial charge in [-0.3, -0.25) is 4.79 Å². The van der Waals surface area contributed by atoms with E-state index in [1.54, 1.807) is 53.4 Å². The van der Waals surface area contributed by atoms with Crippen LogP contribution >= 0.6 is 0 Å². The van der Waals surface area contributed by atoms with Gasteiger partial charge in [-0.15, -0.1) is 0 Å². The molecule has 3 aromatic rings. The number of hydrogen-bond donors (Lipinski definition) is 1. The number of amides is 1. The van der Waals surface area contributed by atoms with Crippen LogP contribution < -0.4 is 4.72 Å². The number of piperidine rings is 1. The minimum absolute atomic E-state index is 0.0590. The van der Waals surface area contributed by atoms with Crippen molar-refractivity contribution in [3.05, 3.63) is 89.5 Å². The lowest BCUT2D eigenvalue weighted by Gasteiger charge is -2.32. The number of sulfone groups is 1. The Morgan fingerprint density at radius 1 is 0.921 bits per heavy atom. The van der Waals surface area contributed by atoms with E-state index in [-0.39, 0.29) is 26.5 Å². The molecule has 1 heterocycles. The fraction of sp³-hybridized carbons (Fsp3) is 0.286. The highest BCUT2D eigenvalue weighted by atomic mass is 32.2. The second-order valence-electron chi connectivity index (χ2n) is 9.55. The van der Waals surface area contributed by atoms with Crippen molar-refractivity contribution in [1.82, 2.24) is 9.62 Å². The molecule has 0 unspecified atom stereocenters. The van der Waals surface area contributed by atoms with Crippen LogP contribution in [0.25, 0.3) is 0 Å². The maximum atomic E-state index is 13.5. The summed E-state index contributed by atoms with van der Waals surface area (Å²) in [6.45, 7) is 4.40. The van der Waals surface area contributed by atoms with E-state index in [4.69, 9.17) is 5.26 Å². The Morgan fingerprint density at radius 2 is 1.61 bits per heavy atom. The molecule has 198 valence electrons. The Hall–Kier alpha value is -3.52. The number of sulfonamides is 1. The smallest absolute Gasteiger partial charge is 0.253 e. The Balaban J connectivity index is 1.53. The number of carbonyl (C=O) groups is 1. The van der Waals surface area contributed by atoms with Crippen LogP contribution in [0.3, 0.4) is 0 Å². The van der Waals surface area contributed by atoms with Crippen molar-refractivity contribution in [3.8, 4) is 6.07 Å². The number of carbonyl (C=O) groups excluding carboxylic acids is 1. The van der Waals surface area contributed by atoms with Gasteiger partial charge in [0.2, 0.25) is 19.9 Å². The Morgan fingerprint density at radius 3 is 2.24 bits per heavy atom. The summed E-state index contributed by atoms with van der Waals surface area (Å²) in [6, 6.07) is 20.2. The van der Waals surface area contributed by atoms with Crippen LogP contribution in [-0.2, 0) is 19.9 Å². The first-order valence-corrected chi connectivity index (χ1v) is 15.3. The number of nitrogens with one attached hydrogen (secondary N) is 1. The average Bonchev–Trinajstić information content (AvgIpc) is 2.93. The lowest BCUT2D eigenvalue weighted by atomic mass is 10.0. The zero-order valence-corrected chi connectivity index (χ0v) is 22.8. The van der Waals surface area contributed by atoms with Crippen molar-refractivity contribution < 1.29 is 21.6 Å². The Kier molecular flexibility index (Phi) is 8.02. The standard InChI is InChI=1S/C28H29N3O5S2/c1-20(2)26-12-11-25(37(33,34)24-9-4-3-5-10-24)18-27(26)38(35,36)30-23-13-15-31(16-14-23)28(32)22-8-6-7-21(17-22)19-29/h3-12,17-18,20,23,30H,13-16H2,1-2H3. The van der Waals surface area contributed by atoms with Gasteiger partial charge >= 0.3 is 0 Å². The lowest BCUT2D eigenvalue weighted by molar-refractivity contribution is 0.0711.